The van der Waals surface area contributed by atoms with Crippen LogP contribution >= 0.6 is 0 Å². The number of amides is 1. The van der Waals surface area contributed by atoms with E-state index in [2.05, 4.69) is 10.5 Å². The molecular weight excluding hydrogens is 372 g/mol. The molecule has 2 rings (SSSR count). The van der Waals surface area contributed by atoms with E-state index in [0.29, 0.717) is 17.1 Å². The molecule has 0 heterocycles. The maximum absolute atomic E-state index is 12.0. The number of carbonyl (C=O) groups is 1. The number of rotatable bonds is 8. The number of nitrogens with zero attached hydrogens (tertiary/aromatic N) is 1. The third-order valence-electron chi connectivity index (χ3n) is 3.46. The SMILES string of the molecule is COc1cccc(/C=N\OCC(=O)Nc2ccccc2S(C)(=O)=O)c1OC. The van der Waals surface area contributed by atoms with Crippen LogP contribution in [0.3, 0.4) is 0 Å². The highest BCUT2D eigenvalue weighted by Crippen LogP contribution is 2.29. The Morgan fingerprint density at radius 3 is 2.52 bits per heavy atom. The third kappa shape index (κ3) is 5.45. The number of nitrogens with one attached hydrogen (secondary N) is 1. The van der Waals surface area contributed by atoms with Crippen molar-refractivity contribution in [3.63, 3.8) is 0 Å². The summed E-state index contributed by atoms with van der Waals surface area (Å²) < 4.78 is 33.9. The Balaban J connectivity index is 1.99. The van der Waals surface area contributed by atoms with Crippen LogP contribution < -0.4 is 14.8 Å². The quantitative estimate of drug-likeness (QED) is 0.545. The molecule has 0 aliphatic carbocycles. The lowest BCUT2D eigenvalue weighted by Gasteiger charge is -2.10. The zero-order valence-electron chi connectivity index (χ0n) is 15.1. The van der Waals surface area contributed by atoms with Gasteiger partial charge >= 0.3 is 0 Å². The minimum atomic E-state index is -3.47. The zero-order chi connectivity index (χ0) is 19.9. The van der Waals surface area contributed by atoms with Crippen LogP contribution in [0.2, 0.25) is 0 Å². The fraction of sp³-hybridized carbons (Fsp3) is 0.222. The average molecular weight is 392 g/mol. The molecule has 2 aromatic carbocycles. The summed E-state index contributed by atoms with van der Waals surface area (Å²) >= 11 is 0. The van der Waals surface area contributed by atoms with Gasteiger partial charge in [0.05, 0.1) is 31.0 Å². The van der Waals surface area contributed by atoms with Gasteiger partial charge in [0.15, 0.2) is 27.9 Å². The summed E-state index contributed by atoms with van der Waals surface area (Å²) in [5.41, 5.74) is 0.798. The second kappa shape index (κ2) is 9.04. The lowest BCUT2D eigenvalue weighted by molar-refractivity contribution is -0.120. The molecule has 1 amide bonds. The second-order valence-electron chi connectivity index (χ2n) is 5.41. The Bertz CT molecular complexity index is 941. The van der Waals surface area contributed by atoms with Crippen molar-refractivity contribution in [2.75, 3.05) is 32.4 Å². The van der Waals surface area contributed by atoms with Crippen LogP contribution in [0.4, 0.5) is 5.69 Å². The lowest BCUT2D eigenvalue weighted by atomic mass is 10.2. The van der Waals surface area contributed by atoms with Crippen molar-refractivity contribution in [1.29, 1.82) is 0 Å². The first-order valence-corrected chi connectivity index (χ1v) is 9.71. The molecule has 2 aromatic rings. The van der Waals surface area contributed by atoms with Crippen LogP contribution in [-0.4, -0.2) is 47.6 Å². The van der Waals surface area contributed by atoms with Crippen molar-refractivity contribution in [1.82, 2.24) is 0 Å². The highest BCUT2D eigenvalue weighted by atomic mass is 32.2. The molecule has 8 nitrogen and oxygen atoms in total. The van der Waals surface area contributed by atoms with E-state index in [1.54, 1.807) is 30.3 Å². The molecule has 0 radical (unpaired) electrons. The molecule has 0 saturated heterocycles. The predicted octanol–water partition coefficient (Wildman–Crippen LogP) is 2.10. The fourth-order valence-corrected chi connectivity index (χ4v) is 3.13. The van der Waals surface area contributed by atoms with Gasteiger partial charge < -0.3 is 19.6 Å². The normalized spacial score (nSPS) is 11.2. The molecular formula is C18H20N2O6S. The number of carbonyl (C=O) groups excluding carboxylic acids is 1. The van der Waals surface area contributed by atoms with E-state index < -0.39 is 15.7 Å². The highest BCUT2D eigenvalue weighted by molar-refractivity contribution is 7.90. The van der Waals surface area contributed by atoms with Crippen LogP contribution in [-0.2, 0) is 19.5 Å². The van der Waals surface area contributed by atoms with E-state index in [1.165, 1.54) is 32.6 Å². The van der Waals surface area contributed by atoms with Gasteiger partial charge in [-0.3, -0.25) is 4.79 Å². The molecule has 144 valence electrons. The number of benzene rings is 2. The lowest BCUT2D eigenvalue weighted by Crippen LogP contribution is -2.18. The Morgan fingerprint density at radius 2 is 1.85 bits per heavy atom. The van der Waals surface area contributed by atoms with Gasteiger partial charge in [-0.1, -0.05) is 23.4 Å². The Morgan fingerprint density at radius 1 is 1.11 bits per heavy atom. The van der Waals surface area contributed by atoms with Gasteiger partial charge in [-0.05, 0) is 24.3 Å². The first kappa shape index (κ1) is 20.2. The maximum atomic E-state index is 12.0. The van der Waals surface area contributed by atoms with Gasteiger partial charge in [-0.15, -0.1) is 0 Å². The molecule has 9 heteroatoms. The molecule has 0 atom stereocenters. The maximum Gasteiger partial charge on any atom is 0.265 e. The zero-order valence-corrected chi connectivity index (χ0v) is 15.9. The number of sulfone groups is 1. The Kier molecular flexibility index (Phi) is 6.78. The summed E-state index contributed by atoms with van der Waals surface area (Å²) in [6, 6.07) is 11.4. The van der Waals surface area contributed by atoms with Crippen molar-refractivity contribution in [2.24, 2.45) is 5.16 Å². The molecule has 0 aromatic heterocycles. The van der Waals surface area contributed by atoms with Crippen molar-refractivity contribution in [2.45, 2.75) is 4.90 Å². The molecule has 1 N–H and O–H groups in total. The Hall–Kier alpha value is -3.07. The molecule has 0 bridgehead atoms. The molecule has 27 heavy (non-hydrogen) atoms. The number of hydrogen-bond acceptors (Lipinski definition) is 7. The summed E-state index contributed by atoms with van der Waals surface area (Å²) in [5, 5.41) is 6.23. The summed E-state index contributed by atoms with van der Waals surface area (Å²) in [6.45, 7) is -0.388. The van der Waals surface area contributed by atoms with Gasteiger partial charge in [0.1, 0.15) is 0 Å². The summed E-state index contributed by atoms with van der Waals surface area (Å²) in [5.74, 6) is 0.483. The minimum Gasteiger partial charge on any atom is -0.493 e. The van der Waals surface area contributed by atoms with Crippen LogP contribution in [0.5, 0.6) is 11.5 Å². The average Bonchev–Trinajstić information content (AvgIpc) is 2.64. The van der Waals surface area contributed by atoms with Crippen molar-refractivity contribution in [3.05, 3.63) is 48.0 Å². The number of methoxy groups -OCH3 is 2. The fourth-order valence-electron chi connectivity index (χ4n) is 2.28. The van der Waals surface area contributed by atoms with Gasteiger partial charge in [-0.2, -0.15) is 0 Å². The highest BCUT2D eigenvalue weighted by Gasteiger charge is 2.14. The molecule has 0 saturated carbocycles. The first-order chi connectivity index (χ1) is 12.9. The van der Waals surface area contributed by atoms with E-state index in [0.717, 1.165) is 6.26 Å². The van der Waals surface area contributed by atoms with Crippen LogP contribution in [0, 0.1) is 0 Å². The Labute approximate surface area is 157 Å². The molecule has 0 unspecified atom stereocenters. The summed E-state index contributed by atoms with van der Waals surface area (Å²) in [7, 11) is -0.441. The monoisotopic (exact) mass is 392 g/mol. The molecule has 0 aliphatic heterocycles. The van der Waals surface area contributed by atoms with Gasteiger partial charge in [0, 0.05) is 11.8 Å². The molecule has 0 spiro atoms. The van der Waals surface area contributed by atoms with Crippen molar-refractivity contribution < 1.29 is 27.5 Å². The van der Waals surface area contributed by atoms with Crippen LogP contribution in [0.15, 0.2) is 52.5 Å². The number of anilines is 1. The molecule has 0 aliphatic rings. The summed E-state index contributed by atoms with van der Waals surface area (Å²) in [4.78, 5) is 17.0. The number of ether oxygens (including phenoxy) is 2. The van der Waals surface area contributed by atoms with E-state index in [-0.39, 0.29) is 17.2 Å². The first-order valence-electron chi connectivity index (χ1n) is 7.82. The van der Waals surface area contributed by atoms with E-state index in [9.17, 15) is 13.2 Å². The van der Waals surface area contributed by atoms with E-state index in [4.69, 9.17) is 14.3 Å². The van der Waals surface area contributed by atoms with Crippen molar-refractivity contribution in [3.8, 4) is 11.5 Å². The van der Waals surface area contributed by atoms with Crippen LogP contribution in [0.1, 0.15) is 5.56 Å². The number of oxime groups is 1. The minimum absolute atomic E-state index is 0.0305. The predicted molar refractivity (Wildman–Crippen MR) is 101 cm³/mol. The van der Waals surface area contributed by atoms with Gasteiger partial charge in [-0.25, -0.2) is 8.42 Å². The van der Waals surface area contributed by atoms with Gasteiger partial charge in [0.2, 0.25) is 0 Å². The number of hydrogen-bond donors (Lipinski definition) is 1. The van der Waals surface area contributed by atoms with E-state index in [1.807, 2.05) is 0 Å². The third-order valence-corrected chi connectivity index (χ3v) is 4.61. The summed E-state index contributed by atoms with van der Waals surface area (Å²) in [6.07, 6.45) is 2.46. The van der Waals surface area contributed by atoms with Crippen LogP contribution in [0.25, 0.3) is 0 Å². The largest absolute Gasteiger partial charge is 0.493 e. The topological polar surface area (TPSA) is 103 Å². The van der Waals surface area contributed by atoms with Gasteiger partial charge in [0.25, 0.3) is 5.91 Å². The van der Waals surface area contributed by atoms with Crippen molar-refractivity contribution >= 4 is 27.6 Å². The second-order valence-corrected chi connectivity index (χ2v) is 7.39. The number of para-hydroxylation sites is 2. The van der Waals surface area contributed by atoms with E-state index >= 15 is 0 Å². The molecule has 0 fully saturated rings. The smallest absolute Gasteiger partial charge is 0.265 e. The standard InChI is InChI=1S/C18H20N2O6S/c1-24-15-9-6-7-13(18(15)25-2)11-19-26-12-17(21)20-14-8-4-5-10-16(14)27(3,22)23/h4-11H,12H2,1-3H3,(H,20,21)/b19-11-.